The molecule has 0 heterocycles. The molecule has 0 bridgehead atoms. The van der Waals surface area contributed by atoms with E-state index in [1.165, 1.54) is 12.1 Å². The molecule has 1 aromatic rings. The number of nitrogens with two attached hydrogens (primary N) is 1. The monoisotopic (exact) mass is 413 g/mol. The van der Waals surface area contributed by atoms with Gasteiger partial charge < -0.3 is 20.7 Å². The number of amides is 1. The molecule has 0 spiro atoms. The fraction of sp³-hybridized carbons (Fsp3) is 0.556. The van der Waals surface area contributed by atoms with E-state index in [4.69, 9.17) is 9.88 Å². The molecule has 28 heavy (non-hydrogen) atoms. The van der Waals surface area contributed by atoms with E-state index in [1.807, 2.05) is 27.7 Å². The number of nitrogens with one attached hydrogen (secondary N) is 3. The van der Waals surface area contributed by atoms with Crippen LogP contribution in [0.15, 0.2) is 34.2 Å². The van der Waals surface area contributed by atoms with Crippen molar-refractivity contribution >= 4 is 22.1 Å². The van der Waals surface area contributed by atoms with Crippen molar-refractivity contribution in [3.8, 4) is 0 Å². The van der Waals surface area contributed by atoms with Crippen molar-refractivity contribution in [2.24, 2.45) is 10.1 Å². The second-order valence-electron chi connectivity index (χ2n) is 7.09. The van der Waals surface area contributed by atoms with E-state index in [-0.39, 0.29) is 4.90 Å². The lowest BCUT2D eigenvalue weighted by Crippen LogP contribution is -2.39. The Bertz CT molecular complexity index is 755. The van der Waals surface area contributed by atoms with Crippen LogP contribution in [0.1, 0.15) is 39.7 Å². The zero-order valence-corrected chi connectivity index (χ0v) is 17.7. The number of primary sulfonamides is 1. The molecule has 0 fully saturated rings. The van der Waals surface area contributed by atoms with E-state index < -0.39 is 21.7 Å². The van der Waals surface area contributed by atoms with Crippen molar-refractivity contribution in [3.63, 3.8) is 0 Å². The number of sulfonamides is 1. The number of hydrogen-bond donors (Lipinski definition) is 4. The van der Waals surface area contributed by atoms with Gasteiger partial charge in [0.05, 0.1) is 11.4 Å². The van der Waals surface area contributed by atoms with Crippen LogP contribution in [-0.4, -0.2) is 45.7 Å². The Labute approximate surface area is 167 Å². The van der Waals surface area contributed by atoms with Crippen molar-refractivity contribution in [1.82, 2.24) is 16.0 Å². The number of carbonyl (C=O) groups is 1. The van der Waals surface area contributed by atoms with Gasteiger partial charge in [0.15, 0.2) is 5.96 Å². The van der Waals surface area contributed by atoms with E-state index in [0.717, 1.165) is 5.56 Å². The molecule has 0 radical (unpaired) electrons. The minimum absolute atomic E-state index is 0.0720. The molecule has 158 valence electrons. The Morgan fingerprint density at radius 1 is 1.11 bits per heavy atom. The van der Waals surface area contributed by atoms with Gasteiger partial charge in [0.1, 0.15) is 5.60 Å². The highest BCUT2D eigenvalue weighted by atomic mass is 32.2. The highest BCUT2D eigenvalue weighted by Gasteiger charge is 2.15. The topological polar surface area (TPSA) is 135 Å². The van der Waals surface area contributed by atoms with E-state index in [9.17, 15) is 13.2 Å². The van der Waals surface area contributed by atoms with E-state index in [2.05, 4.69) is 20.9 Å². The van der Waals surface area contributed by atoms with Crippen LogP contribution in [0.3, 0.4) is 0 Å². The molecule has 9 nitrogen and oxygen atoms in total. The first kappa shape index (κ1) is 23.7. The van der Waals surface area contributed by atoms with Crippen molar-refractivity contribution in [2.75, 3.05) is 19.6 Å². The molecule has 0 saturated heterocycles. The average molecular weight is 414 g/mol. The minimum Gasteiger partial charge on any atom is -0.444 e. The van der Waals surface area contributed by atoms with Gasteiger partial charge in [-0.1, -0.05) is 12.1 Å². The van der Waals surface area contributed by atoms with Crippen LogP contribution in [-0.2, 0) is 21.3 Å². The summed E-state index contributed by atoms with van der Waals surface area (Å²) in [6.07, 6.45) is 0.267. The predicted molar refractivity (Wildman–Crippen MR) is 109 cm³/mol. The third kappa shape index (κ3) is 10.1. The highest BCUT2D eigenvalue weighted by molar-refractivity contribution is 7.89. The summed E-state index contributed by atoms with van der Waals surface area (Å²) in [5, 5.41) is 14.1. The van der Waals surface area contributed by atoms with E-state index in [1.54, 1.807) is 12.1 Å². The summed E-state index contributed by atoms with van der Waals surface area (Å²) in [7, 11) is -3.69. The van der Waals surface area contributed by atoms with Crippen LogP contribution < -0.4 is 21.1 Å². The van der Waals surface area contributed by atoms with Crippen molar-refractivity contribution in [2.45, 2.75) is 51.2 Å². The first-order chi connectivity index (χ1) is 13.0. The number of hydrogen-bond acceptors (Lipinski definition) is 5. The molecule has 1 rings (SSSR count). The van der Waals surface area contributed by atoms with E-state index >= 15 is 0 Å². The molecular weight excluding hydrogens is 382 g/mol. The number of aliphatic imine (C=N–C) groups is 1. The van der Waals surface area contributed by atoms with Crippen LogP contribution in [0.25, 0.3) is 0 Å². The van der Waals surface area contributed by atoms with Crippen LogP contribution in [0.2, 0.25) is 0 Å². The van der Waals surface area contributed by atoms with Gasteiger partial charge in [0, 0.05) is 19.6 Å². The number of alkyl carbamates (subject to hydrolysis) is 1. The Hall–Kier alpha value is -2.33. The SMILES string of the molecule is CCNC(=NCc1ccc(S(N)(=O)=O)cc1)NCCCNC(=O)OC(C)(C)C. The Balaban J connectivity index is 2.44. The lowest BCUT2D eigenvalue weighted by atomic mass is 10.2. The molecule has 1 amide bonds. The average Bonchev–Trinajstić information content (AvgIpc) is 2.57. The fourth-order valence-electron chi connectivity index (χ4n) is 2.10. The largest absolute Gasteiger partial charge is 0.444 e. The molecule has 0 aliphatic rings. The third-order valence-corrected chi connectivity index (χ3v) is 4.26. The molecule has 1 aromatic carbocycles. The molecule has 5 N–H and O–H groups in total. The third-order valence-electron chi connectivity index (χ3n) is 3.33. The quantitative estimate of drug-likeness (QED) is 0.288. The van der Waals surface area contributed by atoms with Crippen LogP contribution in [0.4, 0.5) is 4.79 Å². The number of rotatable bonds is 8. The van der Waals surface area contributed by atoms with Crippen LogP contribution >= 0.6 is 0 Å². The maximum Gasteiger partial charge on any atom is 0.407 e. The summed E-state index contributed by atoms with van der Waals surface area (Å²) in [5.41, 5.74) is 0.343. The maximum atomic E-state index is 11.6. The summed E-state index contributed by atoms with van der Waals surface area (Å²) in [6.45, 7) is 9.59. The summed E-state index contributed by atoms with van der Waals surface area (Å²) >= 11 is 0. The standard InChI is InChI=1S/C18H31N5O4S/c1-5-20-16(21-11-6-12-22-17(24)27-18(2,3)4)23-13-14-7-9-15(10-8-14)28(19,25)26/h7-10H,5-6,11-13H2,1-4H3,(H,22,24)(H2,19,25,26)(H2,20,21,23). The molecule has 0 atom stereocenters. The smallest absolute Gasteiger partial charge is 0.407 e. The molecule has 0 aliphatic carbocycles. The van der Waals surface area contributed by atoms with Gasteiger partial charge in [0.25, 0.3) is 0 Å². The molecule has 0 aromatic heterocycles. The van der Waals surface area contributed by atoms with Gasteiger partial charge >= 0.3 is 6.09 Å². The zero-order chi connectivity index (χ0) is 21.2. The fourth-order valence-corrected chi connectivity index (χ4v) is 2.61. The number of guanidine groups is 1. The minimum atomic E-state index is -3.69. The maximum absolute atomic E-state index is 11.6. The number of nitrogens with zero attached hydrogens (tertiary/aromatic N) is 1. The van der Waals surface area contributed by atoms with Crippen molar-refractivity contribution in [3.05, 3.63) is 29.8 Å². The van der Waals surface area contributed by atoms with Gasteiger partial charge in [-0.2, -0.15) is 0 Å². The Morgan fingerprint density at radius 2 is 1.71 bits per heavy atom. The lowest BCUT2D eigenvalue weighted by Gasteiger charge is -2.19. The van der Waals surface area contributed by atoms with E-state index in [0.29, 0.717) is 38.6 Å². The molecular formula is C18H31N5O4S. The Morgan fingerprint density at radius 3 is 2.25 bits per heavy atom. The van der Waals surface area contributed by atoms with Crippen molar-refractivity contribution in [1.29, 1.82) is 0 Å². The van der Waals surface area contributed by atoms with Gasteiger partial charge in [-0.05, 0) is 51.8 Å². The zero-order valence-electron chi connectivity index (χ0n) is 16.9. The normalized spacial score (nSPS) is 12.4. The first-order valence-electron chi connectivity index (χ1n) is 9.12. The first-order valence-corrected chi connectivity index (χ1v) is 10.7. The second-order valence-corrected chi connectivity index (χ2v) is 8.65. The summed E-state index contributed by atoms with van der Waals surface area (Å²) < 4.78 is 27.7. The summed E-state index contributed by atoms with van der Waals surface area (Å²) in [4.78, 5) is 16.1. The summed E-state index contributed by atoms with van der Waals surface area (Å²) in [5.74, 6) is 0.635. The number of ether oxygens (including phenoxy) is 1. The number of carbonyl (C=O) groups excluding carboxylic acids is 1. The second kappa shape index (κ2) is 10.9. The van der Waals surface area contributed by atoms with Crippen LogP contribution in [0, 0.1) is 0 Å². The summed E-state index contributed by atoms with van der Waals surface area (Å²) in [6, 6.07) is 6.28. The number of benzene rings is 1. The van der Waals surface area contributed by atoms with Crippen molar-refractivity contribution < 1.29 is 17.9 Å². The molecule has 10 heteroatoms. The molecule has 0 saturated carbocycles. The molecule has 0 unspecified atom stereocenters. The van der Waals surface area contributed by atoms with Gasteiger partial charge in [-0.15, -0.1) is 0 Å². The molecule has 0 aliphatic heterocycles. The van der Waals surface area contributed by atoms with Gasteiger partial charge in [0.2, 0.25) is 10.0 Å². The highest BCUT2D eigenvalue weighted by Crippen LogP contribution is 2.09. The Kier molecular flexibility index (Phi) is 9.20. The lowest BCUT2D eigenvalue weighted by molar-refractivity contribution is 0.0527. The van der Waals surface area contributed by atoms with Gasteiger partial charge in [-0.25, -0.2) is 23.3 Å². The van der Waals surface area contributed by atoms with Gasteiger partial charge in [-0.3, -0.25) is 0 Å². The van der Waals surface area contributed by atoms with Crippen LogP contribution in [0.5, 0.6) is 0 Å². The predicted octanol–water partition coefficient (Wildman–Crippen LogP) is 1.30.